The number of anilines is 1. The topological polar surface area (TPSA) is 258 Å². The zero-order valence-electron chi connectivity index (χ0n) is 26.1. The number of aromatic nitrogens is 3. The summed E-state index contributed by atoms with van der Waals surface area (Å²) in [4.78, 5) is 47.7. The Morgan fingerprint density at radius 1 is 1.35 bits per heavy atom. The highest BCUT2D eigenvalue weighted by molar-refractivity contribution is 7.80. The molecule has 0 aliphatic carbocycles. The average molecular weight is 707 g/mol. The Balaban J connectivity index is 1.32. The first-order valence-electron chi connectivity index (χ1n) is 14.6. The van der Waals surface area contributed by atoms with Crippen LogP contribution in [0.15, 0.2) is 41.1 Å². The fourth-order valence-corrected chi connectivity index (χ4v) is 6.38. The van der Waals surface area contributed by atoms with Crippen molar-refractivity contribution in [3.63, 3.8) is 0 Å². The van der Waals surface area contributed by atoms with Gasteiger partial charge in [-0.25, -0.2) is 18.2 Å². The summed E-state index contributed by atoms with van der Waals surface area (Å²) in [6.07, 6.45) is 2.95. The summed E-state index contributed by atoms with van der Waals surface area (Å²) in [5.74, 6) is -2.98. The number of carboxylic acids is 1. The molecule has 48 heavy (non-hydrogen) atoms. The van der Waals surface area contributed by atoms with Crippen LogP contribution in [0.5, 0.6) is 5.75 Å². The van der Waals surface area contributed by atoms with Crippen LogP contribution in [-0.4, -0.2) is 86.6 Å². The quantitative estimate of drug-likeness (QED) is 0.0434. The molecule has 2 amide bonds. The number of ether oxygens (including phenoxy) is 1. The number of β-lactam (4-membered cyclic amide) rings is 1. The molecule has 0 saturated carbocycles. The lowest BCUT2D eigenvalue weighted by Crippen LogP contribution is -2.76. The Bertz CT molecular complexity index is 1870. The number of carboxylic acid groups (broad SMARTS) is 1. The third-order valence-electron chi connectivity index (χ3n) is 7.92. The van der Waals surface area contributed by atoms with Crippen molar-refractivity contribution in [1.82, 2.24) is 20.0 Å². The van der Waals surface area contributed by atoms with Crippen LogP contribution in [0.25, 0.3) is 11.1 Å². The summed E-state index contributed by atoms with van der Waals surface area (Å²) < 4.78 is 47.4. The van der Waals surface area contributed by atoms with Crippen LogP contribution < -0.4 is 26.2 Å². The first kappa shape index (κ1) is 34.7. The number of hydrogen-bond donors (Lipinski definition) is 4. The summed E-state index contributed by atoms with van der Waals surface area (Å²) in [6, 6.07) is 4.27. The second-order valence-corrected chi connectivity index (χ2v) is 13.5. The number of aryl methyl sites for hydroxylation is 3. The van der Waals surface area contributed by atoms with Gasteiger partial charge < -0.3 is 36.0 Å². The van der Waals surface area contributed by atoms with Gasteiger partial charge >= 0.3 is 5.97 Å². The number of nitrogen functional groups attached to an aromatic ring is 1. The van der Waals surface area contributed by atoms with E-state index in [1.807, 2.05) is 36.3 Å². The molecular weight excluding hydrogens is 672 g/mol. The van der Waals surface area contributed by atoms with Gasteiger partial charge in [0.1, 0.15) is 23.6 Å². The molecule has 1 aromatic carbocycles. The van der Waals surface area contributed by atoms with Gasteiger partial charge in [-0.2, -0.15) is 14.0 Å². The van der Waals surface area contributed by atoms with Gasteiger partial charge in [-0.05, 0) is 62.9 Å². The summed E-state index contributed by atoms with van der Waals surface area (Å²) in [7, 11) is -3.32. The van der Waals surface area contributed by atoms with E-state index in [9.17, 15) is 32.5 Å². The van der Waals surface area contributed by atoms with Crippen molar-refractivity contribution in [3.8, 4) is 16.9 Å². The molecule has 0 spiro atoms. The van der Waals surface area contributed by atoms with E-state index in [2.05, 4.69) is 24.4 Å². The number of nitrogens with two attached hydrogens (primary N) is 2. The van der Waals surface area contributed by atoms with Gasteiger partial charge in [-0.1, -0.05) is 11.2 Å². The first-order chi connectivity index (χ1) is 22.6. The minimum atomic E-state index is -5.27. The number of nitrogens with zero attached hydrogens (tertiary/aromatic N) is 5. The number of rotatable bonds is 13. The first-order valence-corrected chi connectivity index (χ1v) is 16.8. The summed E-state index contributed by atoms with van der Waals surface area (Å²) >= 11 is 0.967. The van der Waals surface area contributed by atoms with Gasteiger partial charge in [0.2, 0.25) is 16.6 Å². The average Bonchev–Trinajstić information content (AvgIpc) is 3.63. The van der Waals surface area contributed by atoms with Gasteiger partial charge in [0.25, 0.3) is 17.9 Å². The van der Waals surface area contributed by atoms with Gasteiger partial charge in [0, 0.05) is 5.38 Å². The zero-order chi connectivity index (χ0) is 35.0. The largest absolute Gasteiger partial charge is 0.724 e. The summed E-state index contributed by atoms with van der Waals surface area (Å²) in [5, 5.41) is 18.0. The molecule has 3 atom stereocenters. The minimum absolute atomic E-state index is 0.0630. The van der Waals surface area contributed by atoms with Crippen LogP contribution in [0.1, 0.15) is 37.9 Å². The summed E-state index contributed by atoms with van der Waals surface area (Å²) in [5.41, 5.74) is 12.2. The van der Waals surface area contributed by atoms with E-state index in [1.54, 1.807) is 6.07 Å². The standard InChI is InChI=1S/C28H34N8O10S2/c1-28(2)23(25(38)36(28)46-48(41,42)43)32-24(37)21(18-14-47-27(30)31-18)33-45-22(26(39)40)20-8-6-16-11-15(5-7-19(16)44-20)17-12-34(3)35(13-17)10-4-9-29/h5,7,11-14,20,22-23H,4,6,8-10,29H2,1-3H3,(H4-,30,31,32,37,39,40,41,42,43)/b33-21-/t20-,22+,23+/m0/s1. The number of carbonyl (C=O) groups is 3. The Morgan fingerprint density at radius 2 is 2.10 bits per heavy atom. The maximum atomic E-state index is 13.4. The van der Waals surface area contributed by atoms with Crippen LogP contribution in [-0.2, 0) is 53.9 Å². The van der Waals surface area contributed by atoms with Crippen molar-refractivity contribution >= 4 is 50.4 Å². The van der Waals surface area contributed by atoms with Crippen LogP contribution in [0, 0.1) is 0 Å². The van der Waals surface area contributed by atoms with Crippen molar-refractivity contribution in [2.45, 2.75) is 63.4 Å². The van der Waals surface area contributed by atoms with Crippen LogP contribution in [0.2, 0.25) is 0 Å². The number of thiazole rings is 1. The Kier molecular flexibility index (Phi) is 9.74. The lowest BCUT2D eigenvalue weighted by atomic mass is 9.84. The molecule has 1 saturated heterocycles. The predicted molar refractivity (Wildman–Crippen MR) is 167 cm³/mol. The van der Waals surface area contributed by atoms with Crippen molar-refractivity contribution < 1.29 is 51.0 Å². The predicted octanol–water partition coefficient (Wildman–Crippen LogP) is -0.568. The molecule has 18 nitrogen and oxygen atoms in total. The fourth-order valence-electron chi connectivity index (χ4n) is 5.39. The number of oxime groups is 1. The Hall–Kier alpha value is -4.63. The van der Waals surface area contributed by atoms with Crippen LogP contribution in [0.4, 0.5) is 5.13 Å². The lowest BCUT2D eigenvalue weighted by Gasteiger charge is -2.51. The number of carbonyl (C=O) groups excluding carboxylic acids is 2. The molecule has 20 heteroatoms. The highest BCUT2D eigenvalue weighted by Crippen LogP contribution is 2.34. The number of nitrogens with one attached hydrogen (secondary N) is 1. The van der Waals surface area contributed by atoms with E-state index in [0.29, 0.717) is 23.8 Å². The molecule has 1 fully saturated rings. The van der Waals surface area contributed by atoms with Gasteiger partial charge in [0.05, 0.1) is 23.8 Å². The van der Waals surface area contributed by atoms with E-state index in [4.69, 9.17) is 21.0 Å². The maximum Gasteiger partial charge on any atom is 0.351 e. The van der Waals surface area contributed by atoms with Crippen LogP contribution >= 0.6 is 11.3 Å². The molecule has 2 aliphatic rings. The molecule has 0 bridgehead atoms. The fraction of sp³-hybridized carbons (Fsp3) is 0.429. The smallest absolute Gasteiger partial charge is 0.351 e. The molecule has 2 aliphatic heterocycles. The third-order valence-corrected chi connectivity index (χ3v) is 8.92. The molecule has 0 unspecified atom stereocenters. The van der Waals surface area contributed by atoms with Crippen molar-refractivity contribution in [1.29, 1.82) is 0 Å². The van der Waals surface area contributed by atoms with Crippen molar-refractivity contribution in [3.05, 3.63) is 47.2 Å². The maximum absolute atomic E-state index is 13.4. The number of benzene rings is 1. The third kappa shape index (κ3) is 7.26. The van der Waals surface area contributed by atoms with E-state index >= 15 is 0 Å². The van der Waals surface area contributed by atoms with E-state index < -0.39 is 57.7 Å². The van der Waals surface area contributed by atoms with Gasteiger partial charge in [-0.3, -0.25) is 9.59 Å². The van der Waals surface area contributed by atoms with Gasteiger partial charge in [-0.15, -0.1) is 16.0 Å². The second-order valence-electron chi connectivity index (χ2n) is 11.7. The van der Waals surface area contributed by atoms with Crippen LogP contribution in [0.3, 0.4) is 0 Å². The summed E-state index contributed by atoms with van der Waals surface area (Å²) in [6.45, 7) is 4.06. The van der Waals surface area contributed by atoms with E-state index in [-0.39, 0.29) is 17.2 Å². The molecule has 6 N–H and O–H groups in total. The molecule has 5 rings (SSSR count). The normalized spacial score (nSPS) is 19.6. The number of hydroxylamine groups is 2. The van der Waals surface area contributed by atoms with E-state index in [0.717, 1.165) is 41.0 Å². The van der Waals surface area contributed by atoms with Crippen molar-refractivity contribution in [2.75, 3.05) is 12.3 Å². The number of amides is 2. The number of fused-ring (bicyclic) bond motifs is 1. The molecule has 0 radical (unpaired) electrons. The molecule has 258 valence electrons. The Labute approximate surface area is 278 Å². The monoisotopic (exact) mass is 706 g/mol. The highest BCUT2D eigenvalue weighted by atomic mass is 32.3. The zero-order valence-corrected chi connectivity index (χ0v) is 27.7. The lowest BCUT2D eigenvalue weighted by molar-refractivity contribution is -0.753. The molecule has 2 aromatic heterocycles. The van der Waals surface area contributed by atoms with Crippen molar-refractivity contribution in [2.24, 2.45) is 17.9 Å². The molecular formula is C28H34N8O10S2. The second kappa shape index (κ2) is 13.5. The molecule has 3 aromatic rings. The number of aliphatic carboxylic acids is 1. The highest BCUT2D eigenvalue weighted by Gasteiger charge is 2.57. The van der Waals surface area contributed by atoms with Gasteiger partial charge in [0.15, 0.2) is 17.9 Å². The Morgan fingerprint density at radius 3 is 2.73 bits per heavy atom. The molecule has 4 heterocycles. The minimum Gasteiger partial charge on any atom is -0.724 e. The SMILES string of the molecule is C[n+]1cc(-c2ccc3c(c2)CC[C@@H]([C@@H](O/N=C(\C(=O)N[C@@H]2C(=O)N(OS(=O)(=O)[O-])C2(C)C)c2csc(N)n2)C(=O)O)O3)cn1CCCN. The number of hydrogen-bond acceptors (Lipinski definition) is 14. The van der Waals surface area contributed by atoms with E-state index in [1.165, 1.54) is 19.2 Å².